The molecule has 0 radical (unpaired) electrons. The van der Waals surface area contributed by atoms with Crippen LogP contribution in [0.25, 0.3) is 11.4 Å². The van der Waals surface area contributed by atoms with Gasteiger partial charge in [-0.05, 0) is 20.8 Å². The molecular formula is C17H23N6O2+. The first kappa shape index (κ1) is 16.9. The molecular weight excluding hydrogens is 320 g/mol. The van der Waals surface area contributed by atoms with Gasteiger partial charge in [0.2, 0.25) is 17.4 Å². The van der Waals surface area contributed by atoms with Crippen molar-refractivity contribution < 1.29 is 14.0 Å². The highest BCUT2D eigenvalue weighted by atomic mass is 16.5. The van der Waals surface area contributed by atoms with E-state index in [-0.39, 0.29) is 6.04 Å². The minimum atomic E-state index is 0.104. The maximum absolute atomic E-state index is 5.82. The van der Waals surface area contributed by atoms with Gasteiger partial charge >= 0.3 is 0 Å². The molecule has 0 bridgehead atoms. The number of rotatable bonds is 3. The van der Waals surface area contributed by atoms with E-state index in [2.05, 4.69) is 24.5 Å². The van der Waals surface area contributed by atoms with E-state index in [1.165, 1.54) is 0 Å². The van der Waals surface area contributed by atoms with Crippen LogP contribution in [0.4, 0.5) is 0 Å². The average Bonchev–Trinajstić information content (AvgIpc) is 2.90. The lowest BCUT2D eigenvalue weighted by atomic mass is 10.2. The molecule has 0 aliphatic carbocycles. The van der Waals surface area contributed by atoms with E-state index in [1.807, 2.05) is 20.0 Å². The Morgan fingerprint density at radius 3 is 2.96 bits per heavy atom. The second kappa shape index (κ2) is 6.92. The largest absolute Gasteiger partial charge is 0.488 e. The second-order valence-corrected chi connectivity index (χ2v) is 6.08. The number of pyridine rings is 1. The zero-order valence-electron chi connectivity index (χ0n) is 14.9. The molecule has 0 saturated carbocycles. The number of aromatic nitrogens is 3. The number of aliphatic imine (C=N–C) groups is 2. The number of H-pyrrole nitrogens is 1. The standard InChI is InChI=1S/C17H22N6O2/c1-10(2)20-16(21-11(3)18)13-9-23-5-6-25-14-7-15(24-4)19-8-12(14)17(23)22-13/h7-10H,5-6H2,1-4H3,(H2,18,20,21)/p+1. The Hall–Kier alpha value is -2.90. The van der Waals surface area contributed by atoms with Crippen LogP contribution >= 0.6 is 0 Å². The number of aromatic amines is 1. The fraction of sp³-hybridized carbons (Fsp3) is 0.412. The minimum absolute atomic E-state index is 0.104. The molecule has 1 aliphatic rings. The Bertz CT molecular complexity index is 834. The van der Waals surface area contributed by atoms with Crippen molar-refractivity contribution in [1.29, 1.82) is 0 Å². The van der Waals surface area contributed by atoms with Crippen LogP contribution < -0.4 is 19.8 Å². The highest BCUT2D eigenvalue weighted by Gasteiger charge is 2.27. The van der Waals surface area contributed by atoms with Crippen molar-refractivity contribution in [2.45, 2.75) is 33.4 Å². The van der Waals surface area contributed by atoms with Crippen molar-refractivity contribution in [2.24, 2.45) is 15.7 Å². The Morgan fingerprint density at radius 2 is 2.28 bits per heavy atom. The monoisotopic (exact) mass is 343 g/mol. The molecule has 0 fully saturated rings. The minimum Gasteiger partial charge on any atom is -0.488 e. The smallest absolute Gasteiger partial charge is 0.292 e. The van der Waals surface area contributed by atoms with Crippen LogP contribution in [0.3, 0.4) is 0 Å². The molecule has 3 heterocycles. The lowest BCUT2D eigenvalue weighted by Crippen LogP contribution is -2.35. The third kappa shape index (κ3) is 3.62. The summed E-state index contributed by atoms with van der Waals surface area (Å²) < 4.78 is 13.1. The summed E-state index contributed by atoms with van der Waals surface area (Å²) in [5.41, 5.74) is 7.43. The Kier molecular flexibility index (Phi) is 4.69. The van der Waals surface area contributed by atoms with Gasteiger partial charge in [0.1, 0.15) is 30.7 Å². The predicted molar refractivity (Wildman–Crippen MR) is 95.2 cm³/mol. The third-order valence-corrected chi connectivity index (χ3v) is 3.62. The van der Waals surface area contributed by atoms with Crippen LogP contribution in [-0.2, 0) is 6.54 Å². The number of imidazole rings is 1. The van der Waals surface area contributed by atoms with Gasteiger partial charge in [0, 0.05) is 12.1 Å². The Balaban J connectivity index is 2.10. The van der Waals surface area contributed by atoms with Crippen molar-refractivity contribution >= 4 is 11.7 Å². The van der Waals surface area contributed by atoms with Crippen LogP contribution in [0, 0.1) is 0 Å². The summed E-state index contributed by atoms with van der Waals surface area (Å²) in [7, 11) is 1.58. The van der Waals surface area contributed by atoms with Gasteiger partial charge in [-0.1, -0.05) is 0 Å². The van der Waals surface area contributed by atoms with Gasteiger partial charge < -0.3 is 15.2 Å². The fourth-order valence-corrected chi connectivity index (χ4v) is 2.62. The number of hydrogen-bond donors (Lipinski definition) is 2. The lowest BCUT2D eigenvalue weighted by Gasteiger charge is -2.05. The fourth-order valence-electron chi connectivity index (χ4n) is 2.62. The normalized spacial score (nSPS) is 14.6. The van der Waals surface area contributed by atoms with Gasteiger partial charge in [-0.3, -0.25) is 4.99 Å². The molecule has 0 unspecified atom stereocenters. The summed E-state index contributed by atoms with van der Waals surface area (Å²) in [6.07, 6.45) is 3.72. The Labute approximate surface area is 146 Å². The summed E-state index contributed by atoms with van der Waals surface area (Å²) in [6, 6.07) is 1.89. The van der Waals surface area contributed by atoms with E-state index < -0.39 is 0 Å². The maximum atomic E-state index is 5.82. The topological polar surface area (TPSA) is 102 Å². The van der Waals surface area contributed by atoms with Gasteiger partial charge in [-0.2, -0.15) is 0 Å². The van der Waals surface area contributed by atoms with Crippen LogP contribution in [0.1, 0.15) is 26.5 Å². The van der Waals surface area contributed by atoms with E-state index in [0.717, 1.165) is 22.8 Å². The molecule has 0 aromatic carbocycles. The van der Waals surface area contributed by atoms with E-state index in [1.54, 1.807) is 26.3 Å². The Morgan fingerprint density at radius 1 is 1.48 bits per heavy atom. The predicted octanol–water partition coefficient (Wildman–Crippen LogP) is 1.30. The first-order valence-corrected chi connectivity index (χ1v) is 8.16. The number of amidine groups is 2. The zero-order valence-corrected chi connectivity index (χ0v) is 14.9. The molecule has 25 heavy (non-hydrogen) atoms. The SMILES string of the molecule is COc1cc2c(cn1)-c1[nH]c(C(N=C(C)N)=NC(C)C)c[n+]1CCO2. The number of nitrogens with two attached hydrogens (primary N) is 1. The summed E-state index contributed by atoms with van der Waals surface area (Å²) in [5.74, 6) is 3.18. The molecule has 3 rings (SSSR count). The van der Waals surface area contributed by atoms with Crippen molar-refractivity contribution in [3.63, 3.8) is 0 Å². The quantitative estimate of drug-likeness (QED) is 0.498. The van der Waals surface area contributed by atoms with Gasteiger partial charge in [-0.15, -0.1) is 0 Å². The molecule has 0 amide bonds. The number of nitrogens with zero attached hydrogens (tertiary/aromatic N) is 4. The lowest BCUT2D eigenvalue weighted by molar-refractivity contribution is -0.684. The molecule has 0 spiro atoms. The third-order valence-electron chi connectivity index (χ3n) is 3.62. The summed E-state index contributed by atoms with van der Waals surface area (Å²) >= 11 is 0. The average molecular weight is 343 g/mol. The second-order valence-electron chi connectivity index (χ2n) is 6.08. The molecule has 2 aromatic heterocycles. The number of ether oxygens (including phenoxy) is 2. The highest BCUT2D eigenvalue weighted by molar-refractivity contribution is 6.04. The molecule has 8 nitrogen and oxygen atoms in total. The van der Waals surface area contributed by atoms with Gasteiger partial charge in [0.25, 0.3) is 5.82 Å². The molecule has 0 atom stereocenters. The molecule has 0 saturated heterocycles. The number of nitrogens with one attached hydrogen (secondary N) is 1. The number of fused-ring (bicyclic) bond motifs is 3. The highest BCUT2D eigenvalue weighted by Crippen LogP contribution is 2.31. The van der Waals surface area contributed by atoms with E-state index in [9.17, 15) is 0 Å². The number of hydrogen-bond acceptors (Lipinski definition) is 4. The van der Waals surface area contributed by atoms with Crippen molar-refractivity contribution in [1.82, 2.24) is 9.97 Å². The summed E-state index contributed by atoms with van der Waals surface area (Å²) in [6.45, 7) is 6.99. The molecule has 3 N–H and O–H groups in total. The molecule has 2 aromatic rings. The molecule has 1 aliphatic heterocycles. The van der Waals surface area contributed by atoms with Crippen molar-refractivity contribution in [2.75, 3.05) is 13.7 Å². The summed E-state index contributed by atoms with van der Waals surface area (Å²) in [4.78, 5) is 16.6. The van der Waals surface area contributed by atoms with Gasteiger partial charge in [0.05, 0.1) is 19.1 Å². The van der Waals surface area contributed by atoms with E-state index >= 15 is 0 Å². The van der Waals surface area contributed by atoms with Crippen LogP contribution in [-0.4, -0.2) is 41.4 Å². The van der Waals surface area contributed by atoms with Crippen molar-refractivity contribution in [3.05, 3.63) is 24.2 Å². The van der Waals surface area contributed by atoms with Gasteiger partial charge in [-0.25, -0.2) is 19.5 Å². The first-order valence-electron chi connectivity index (χ1n) is 8.16. The molecule has 132 valence electrons. The number of methoxy groups -OCH3 is 1. The van der Waals surface area contributed by atoms with Crippen LogP contribution in [0.2, 0.25) is 0 Å². The van der Waals surface area contributed by atoms with Crippen molar-refractivity contribution in [3.8, 4) is 23.0 Å². The summed E-state index contributed by atoms with van der Waals surface area (Å²) in [5, 5.41) is 0. The van der Waals surface area contributed by atoms with Gasteiger partial charge in [0.15, 0.2) is 0 Å². The molecule has 8 heteroatoms. The van der Waals surface area contributed by atoms with E-state index in [4.69, 9.17) is 15.2 Å². The maximum Gasteiger partial charge on any atom is 0.292 e. The first-order chi connectivity index (χ1) is 12.0. The van der Waals surface area contributed by atoms with Crippen LogP contribution in [0.15, 0.2) is 28.4 Å². The van der Waals surface area contributed by atoms with Crippen LogP contribution in [0.5, 0.6) is 11.6 Å². The van der Waals surface area contributed by atoms with E-state index in [0.29, 0.717) is 30.7 Å². The zero-order chi connectivity index (χ0) is 18.0.